The van der Waals surface area contributed by atoms with Gasteiger partial charge in [0, 0.05) is 17.5 Å². The van der Waals surface area contributed by atoms with E-state index in [0.29, 0.717) is 12.3 Å². The van der Waals surface area contributed by atoms with Crippen molar-refractivity contribution < 1.29 is 4.79 Å². The fraction of sp³-hybridized carbons (Fsp3) is 0.375. The smallest absolute Gasteiger partial charge is 0.224 e. The van der Waals surface area contributed by atoms with Crippen molar-refractivity contribution in [1.82, 2.24) is 10.3 Å². The summed E-state index contributed by atoms with van der Waals surface area (Å²) in [4.78, 5) is 16.2. The summed E-state index contributed by atoms with van der Waals surface area (Å²) >= 11 is 1.65. The number of hydrogen-bond donors (Lipinski definition) is 1. The van der Waals surface area contributed by atoms with E-state index in [-0.39, 0.29) is 5.91 Å². The van der Waals surface area contributed by atoms with Gasteiger partial charge in [-0.05, 0) is 18.4 Å². The first-order valence-corrected chi connectivity index (χ1v) is 7.70. The number of carbonyl (C=O) groups is 1. The van der Waals surface area contributed by atoms with Gasteiger partial charge in [-0.3, -0.25) is 4.79 Å². The molecular formula is C16H20N2OS. The topological polar surface area (TPSA) is 42.0 Å². The number of aromatic nitrogens is 1. The Labute approximate surface area is 124 Å². The van der Waals surface area contributed by atoms with Crippen molar-refractivity contribution in [3.05, 3.63) is 40.2 Å². The summed E-state index contributed by atoms with van der Waals surface area (Å²) < 4.78 is 0. The van der Waals surface area contributed by atoms with Gasteiger partial charge in [-0.25, -0.2) is 4.98 Å². The van der Waals surface area contributed by atoms with Gasteiger partial charge < -0.3 is 5.32 Å². The molecule has 0 unspecified atom stereocenters. The Balaban J connectivity index is 1.96. The molecule has 0 aliphatic heterocycles. The molecule has 3 nitrogen and oxygen atoms in total. The number of thiazole rings is 1. The van der Waals surface area contributed by atoms with E-state index in [1.54, 1.807) is 11.3 Å². The summed E-state index contributed by atoms with van der Waals surface area (Å²) in [6.45, 7) is 6.91. The van der Waals surface area contributed by atoms with E-state index in [1.165, 1.54) is 0 Å². The van der Waals surface area contributed by atoms with E-state index >= 15 is 0 Å². The highest BCUT2D eigenvalue weighted by Gasteiger charge is 2.06. The zero-order chi connectivity index (χ0) is 14.5. The molecule has 0 atom stereocenters. The molecule has 0 saturated carbocycles. The van der Waals surface area contributed by atoms with Crippen molar-refractivity contribution in [1.29, 1.82) is 0 Å². The summed E-state index contributed by atoms with van der Waals surface area (Å²) in [6, 6.07) is 8.05. The van der Waals surface area contributed by atoms with Crippen LogP contribution in [0.2, 0.25) is 0 Å². The first-order valence-electron chi connectivity index (χ1n) is 6.82. The van der Waals surface area contributed by atoms with Gasteiger partial charge in [0.1, 0.15) is 0 Å². The molecular weight excluding hydrogens is 268 g/mol. The quantitative estimate of drug-likeness (QED) is 0.916. The van der Waals surface area contributed by atoms with Crippen LogP contribution in [0.1, 0.15) is 24.4 Å². The number of carbonyl (C=O) groups excluding carboxylic acids is 1. The van der Waals surface area contributed by atoms with Crippen LogP contribution in [0.4, 0.5) is 0 Å². The number of rotatable bonds is 5. The van der Waals surface area contributed by atoms with Gasteiger partial charge in [-0.1, -0.05) is 38.1 Å². The highest BCUT2D eigenvalue weighted by molar-refractivity contribution is 7.09. The minimum Gasteiger partial charge on any atom is -0.356 e. The fourth-order valence-electron chi connectivity index (χ4n) is 1.86. The summed E-state index contributed by atoms with van der Waals surface area (Å²) in [5, 5.41) is 6.05. The van der Waals surface area contributed by atoms with Crippen LogP contribution in [0.15, 0.2) is 29.6 Å². The third kappa shape index (κ3) is 4.17. The normalized spacial score (nSPS) is 10.8. The molecule has 1 aromatic heterocycles. The minimum absolute atomic E-state index is 0.0796. The lowest BCUT2D eigenvalue weighted by Crippen LogP contribution is -2.28. The molecule has 0 fully saturated rings. The Morgan fingerprint density at radius 3 is 2.55 bits per heavy atom. The van der Waals surface area contributed by atoms with Crippen LogP contribution in [-0.2, 0) is 11.2 Å². The zero-order valence-electron chi connectivity index (χ0n) is 12.1. The molecule has 0 bridgehead atoms. The van der Waals surface area contributed by atoms with Crippen LogP contribution in [-0.4, -0.2) is 17.4 Å². The van der Waals surface area contributed by atoms with E-state index < -0.39 is 0 Å². The van der Waals surface area contributed by atoms with E-state index in [2.05, 4.69) is 29.5 Å². The summed E-state index contributed by atoms with van der Waals surface area (Å²) in [6.07, 6.45) is 0.434. The Morgan fingerprint density at radius 2 is 2.00 bits per heavy atom. The van der Waals surface area contributed by atoms with Crippen LogP contribution in [0.5, 0.6) is 0 Å². The van der Waals surface area contributed by atoms with Crippen molar-refractivity contribution in [2.45, 2.75) is 27.2 Å². The second-order valence-corrected chi connectivity index (χ2v) is 6.39. The molecule has 1 heterocycles. The van der Waals surface area contributed by atoms with Gasteiger partial charge in [0.25, 0.3) is 0 Å². The highest BCUT2D eigenvalue weighted by atomic mass is 32.1. The Bertz CT molecular complexity index is 572. The monoisotopic (exact) mass is 288 g/mol. The number of nitrogens with one attached hydrogen (secondary N) is 1. The average molecular weight is 288 g/mol. The van der Waals surface area contributed by atoms with Crippen LogP contribution < -0.4 is 5.32 Å². The first-order chi connectivity index (χ1) is 9.54. The molecule has 0 saturated heterocycles. The maximum absolute atomic E-state index is 11.8. The van der Waals surface area contributed by atoms with Crippen molar-refractivity contribution in [2.24, 2.45) is 5.92 Å². The van der Waals surface area contributed by atoms with E-state index in [9.17, 15) is 4.79 Å². The lowest BCUT2D eigenvalue weighted by atomic mass is 10.1. The lowest BCUT2D eigenvalue weighted by Gasteiger charge is -2.07. The summed E-state index contributed by atoms with van der Waals surface area (Å²) in [7, 11) is 0. The fourth-order valence-corrected chi connectivity index (χ4v) is 2.48. The molecule has 4 heteroatoms. The van der Waals surface area contributed by atoms with Crippen LogP contribution in [0.3, 0.4) is 0 Å². The maximum Gasteiger partial charge on any atom is 0.224 e. The third-order valence-corrected chi connectivity index (χ3v) is 3.71. The molecule has 1 aromatic carbocycles. The molecule has 2 rings (SSSR count). The molecule has 1 amide bonds. The van der Waals surface area contributed by atoms with E-state index in [1.807, 2.05) is 31.2 Å². The van der Waals surface area contributed by atoms with Crippen molar-refractivity contribution in [3.63, 3.8) is 0 Å². The molecule has 0 radical (unpaired) electrons. The van der Waals surface area contributed by atoms with Gasteiger partial charge >= 0.3 is 0 Å². The molecule has 0 spiro atoms. The standard InChI is InChI=1S/C16H20N2OS/c1-11(2)9-17-16(19)8-13-4-6-14(7-5-13)15-10-20-12(3)18-15/h4-7,10-11H,8-9H2,1-3H3,(H,17,19). The number of aryl methyl sites for hydroxylation is 1. The Morgan fingerprint density at radius 1 is 1.30 bits per heavy atom. The molecule has 106 valence electrons. The summed E-state index contributed by atoms with van der Waals surface area (Å²) in [5.74, 6) is 0.560. The van der Waals surface area contributed by atoms with Gasteiger partial charge in [-0.2, -0.15) is 0 Å². The number of nitrogens with zero attached hydrogens (tertiary/aromatic N) is 1. The van der Waals surface area contributed by atoms with Gasteiger partial charge in [0.05, 0.1) is 17.1 Å². The molecule has 0 aliphatic carbocycles. The van der Waals surface area contributed by atoms with Crippen LogP contribution >= 0.6 is 11.3 Å². The first kappa shape index (κ1) is 14.7. The minimum atomic E-state index is 0.0796. The molecule has 1 N–H and O–H groups in total. The van der Waals surface area contributed by atoms with Crippen LogP contribution in [0, 0.1) is 12.8 Å². The predicted molar refractivity (Wildman–Crippen MR) is 83.8 cm³/mol. The van der Waals surface area contributed by atoms with Crippen LogP contribution in [0.25, 0.3) is 11.3 Å². The molecule has 2 aromatic rings. The summed E-state index contributed by atoms with van der Waals surface area (Å²) in [5.41, 5.74) is 3.13. The average Bonchev–Trinajstić information content (AvgIpc) is 2.84. The number of amides is 1. The predicted octanol–water partition coefficient (Wildman–Crippen LogP) is 3.43. The number of benzene rings is 1. The van der Waals surface area contributed by atoms with E-state index in [0.717, 1.165) is 28.4 Å². The lowest BCUT2D eigenvalue weighted by molar-refractivity contribution is -0.120. The zero-order valence-corrected chi connectivity index (χ0v) is 13.0. The van der Waals surface area contributed by atoms with Crippen molar-refractivity contribution in [2.75, 3.05) is 6.54 Å². The van der Waals surface area contributed by atoms with E-state index in [4.69, 9.17) is 0 Å². The molecule has 20 heavy (non-hydrogen) atoms. The van der Waals surface area contributed by atoms with Crippen molar-refractivity contribution in [3.8, 4) is 11.3 Å². The van der Waals surface area contributed by atoms with Gasteiger partial charge in [0.2, 0.25) is 5.91 Å². The third-order valence-electron chi connectivity index (χ3n) is 2.94. The SMILES string of the molecule is Cc1nc(-c2ccc(CC(=O)NCC(C)C)cc2)cs1. The highest BCUT2D eigenvalue weighted by Crippen LogP contribution is 2.21. The van der Waals surface area contributed by atoms with Crippen molar-refractivity contribution >= 4 is 17.2 Å². The largest absolute Gasteiger partial charge is 0.356 e. The second-order valence-electron chi connectivity index (χ2n) is 5.32. The van der Waals surface area contributed by atoms with Gasteiger partial charge in [-0.15, -0.1) is 11.3 Å². The number of hydrogen-bond acceptors (Lipinski definition) is 3. The second kappa shape index (κ2) is 6.66. The maximum atomic E-state index is 11.8. The Hall–Kier alpha value is -1.68. The van der Waals surface area contributed by atoms with Gasteiger partial charge in [0.15, 0.2) is 0 Å². The molecule has 0 aliphatic rings. The Kier molecular flexibility index (Phi) is 4.90.